The molecule has 1 saturated heterocycles. The van der Waals surface area contributed by atoms with Gasteiger partial charge in [0.15, 0.2) is 12.3 Å². The predicted molar refractivity (Wildman–Crippen MR) is 99.7 cm³/mol. The van der Waals surface area contributed by atoms with Crippen LogP contribution in [-0.2, 0) is 6.61 Å². The van der Waals surface area contributed by atoms with Gasteiger partial charge in [0.25, 0.3) is 5.91 Å². The van der Waals surface area contributed by atoms with Crippen molar-refractivity contribution in [1.82, 2.24) is 9.88 Å². The van der Waals surface area contributed by atoms with Crippen molar-refractivity contribution in [1.29, 1.82) is 0 Å². The van der Waals surface area contributed by atoms with Gasteiger partial charge in [-0.25, -0.2) is 4.98 Å². The minimum Gasteiger partial charge on any atom is -0.497 e. The number of aromatic nitrogens is 1. The van der Waals surface area contributed by atoms with Crippen LogP contribution in [0.4, 0.5) is 0 Å². The third-order valence-corrected chi connectivity index (χ3v) is 5.41. The summed E-state index contributed by atoms with van der Waals surface area (Å²) in [6, 6.07) is 7.28. The van der Waals surface area contributed by atoms with Gasteiger partial charge in [-0.1, -0.05) is 11.6 Å². The summed E-state index contributed by atoms with van der Waals surface area (Å²) in [5.41, 5.74) is 1.79. The summed E-state index contributed by atoms with van der Waals surface area (Å²) in [7, 11) is 1.62. The number of fused-ring (bicyclic) bond motifs is 1. The first-order valence-electron chi connectivity index (χ1n) is 9.28. The standard InChI is InChI=1S/C21H24N2O4/c1-14-3-4-15-10-23(11-16(15)9-14)21(24)19-12-27-20(22-19)13-26-18-7-5-17(25-2)6-8-18/h3,5-8,12,15-16H,4,9-11,13H2,1-2H3/t15-,16+/m0/s1. The van der Waals surface area contributed by atoms with Crippen molar-refractivity contribution in [2.24, 2.45) is 11.8 Å². The number of methoxy groups -OCH3 is 1. The van der Waals surface area contributed by atoms with E-state index in [0.29, 0.717) is 29.2 Å². The fourth-order valence-electron chi connectivity index (χ4n) is 3.91. The Hall–Kier alpha value is -2.76. The van der Waals surface area contributed by atoms with Crippen molar-refractivity contribution in [2.45, 2.75) is 26.4 Å². The molecule has 2 aliphatic rings. The van der Waals surface area contributed by atoms with Crippen molar-refractivity contribution in [3.63, 3.8) is 0 Å². The molecule has 1 amide bonds. The lowest BCUT2D eigenvalue weighted by Gasteiger charge is -2.21. The molecule has 27 heavy (non-hydrogen) atoms. The maximum absolute atomic E-state index is 12.8. The number of benzene rings is 1. The number of hydrogen-bond donors (Lipinski definition) is 0. The number of hydrogen-bond acceptors (Lipinski definition) is 5. The number of nitrogens with zero attached hydrogens (tertiary/aromatic N) is 2. The largest absolute Gasteiger partial charge is 0.497 e. The average Bonchev–Trinajstić information content (AvgIpc) is 3.33. The highest BCUT2D eigenvalue weighted by Gasteiger charge is 2.37. The highest BCUT2D eigenvalue weighted by atomic mass is 16.5. The van der Waals surface area contributed by atoms with Crippen LogP contribution >= 0.6 is 0 Å². The first-order valence-corrected chi connectivity index (χ1v) is 9.28. The zero-order chi connectivity index (χ0) is 18.8. The number of carbonyl (C=O) groups excluding carboxylic acids is 1. The Morgan fingerprint density at radius 1 is 1.22 bits per heavy atom. The molecule has 142 valence electrons. The second-order valence-corrected chi connectivity index (χ2v) is 7.31. The number of amides is 1. The second-order valence-electron chi connectivity index (χ2n) is 7.31. The van der Waals surface area contributed by atoms with Gasteiger partial charge in [-0.2, -0.15) is 0 Å². The fourth-order valence-corrected chi connectivity index (χ4v) is 3.91. The first kappa shape index (κ1) is 17.6. The van der Waals surface area contributed by atoms with Gasteiger partial charge in [-0.15, -0.1) is 0 Å². The van der Waals surface area contributed by atoms with E-state index in [1.54, 1.807) is 7.11 Å². The van der Waals surface area contributed by atoms with E-state index in [0.717, 1.165) is 31.7 Å². The molecule has 6 heteroatoms. The van der Waals surface area contributed by atoms with Crippen LogP contribution < -0.4 is 9.47 Å². The number of carbonyl (C=O) groups is 1. The average molecular weight is 368 g/mol. The van der Waals surface area contributed by atoms with Crippen LogP contribution in [0, 0.1) is 11.8 Å². The first-order chi connectivity index (χ1) is 13.1. The summed E-state index contributed by atoms with van der Waals surface area (Å²) in [5, 5.41) is 0. The van der Waals surface area contributed by atoms with Crippen LogP contribution in [0.2, 0.25) is 0 Å². The molecule has 1 aliphatic heterocycles. The zero-order valence-electron chi connectivity index (χ0n) is 15.7. The van der Waals surface area contributed by atoms with Gasteiger partial charge in [-0.3, -0.25) is 4.79 Å². The van der Waals surface area contributed by atoms with Gasteiger partial charge in [-0.05, 0) is 55.9 Å². The van der Waals surface area contributed by atoms with Gasteiger partial charge in [0.2, 0.25) is 5.89 Å². The van der Waals surface area contributed by atoms with Crippen LogP contribution in [0.1, 0.15) is 36.1 Å². The normalized spacial score (nSPS) is 21.6. The van der Waals surface area contributed by atoms with Crippen LogP contribution in [0.3, 0.4) is 0 Å². The molecule has 1 aromatic carbocycles. The zero-order valence-corrected chi connectivity index (χ0v) is 15.7. The molecular formula is C21H24N2O4. The summed E-state index contributed by atoms with van der Waals surface area (Å²) in [6.45, 7) is 3.96. The number of oxazole rings is 1. The van der Waals surface area contributed by atoms with Crippen LogP contribution in [0.25, 0.3) is 0 Å². The van der Waals surface area contributed by atoms with E-state index in [9.17, 15) is 4.79 Å². The molecule has 1 aliphatic carbocycles. The van der Waals surface area contributed by atoms with E-state index in [1.807, 2.05) is 29.2 Å². The smallest absolute Gasteiger partial charge is 0.275 e. The summed E-state index contributed by atoms with van der Waals surface area (Å²) in [4.78, 5) is 19.0. The highest BCUT2D eigenvalue weighted by molar-refractivity contribution is 5.92. The summed E-state index contributed by atoms with van der Waals surface area (Å²) < 4.78 is 16.2. The molecular weight excluding hydrogens is 344 g/mol. The Morgan fingerprint density at radius 3 is 2.74 bits per heavy atom. The van der Waals surface area contributed by atoms with Crippen LogP contribution in [0.5, 0.6) is 11.5 Å². The van der Waals surface area contributed by atoms with E-state index in [1.165, 1.54) is 11.8 Å². The van der Waals surface area contributed by atoms with E-state index in [-0.39, 0.29) is 12.5 Å². The molecule has 0 unspecified atom stereocenters. The molecule has 1 fully saturated rings. The molecule has 0 spiro atoms. The number of allylic oxidation sites excluding steroid dienone is 2. The topological polar surface area (TPSA) is 64.8 Å². The minimum atomic E-state index is -0.0542. The highest BCUT2D eigenvalue weighted by Crippen LogP contribution is 2.36. The molecule has 2 heterocycles. The molecule has 1 aromatic heterocycles. The lowest BCUT2D eigenvalue weighted by molar-refractivity contribution is 0.0778. The molecule has 4 rings (SSSR count). The van der Waals surface area contributed by atoms with Gasteiger partial charge >= 0.3 is 0 Å². The third kappa shape index (κ3) is 3.84. The molecule has 0 saturated carbocycles. The van der Waals surface area contributed by atoms with Gasteiger partial charge in [0.1, 0.15) is 17.8 Å². The Balaban J connectivity index is 1.34. The van der Waals surface area contributed by atoms with Crippen molar-refractivity contribution in [3.8, 4) is 11.5 Å². The van der Waals surface area contributed by atoms with E-state index in [2.05, 4.69) is 18.0 Å². The molecule has 0 radical (unpaired) electrons. The Labute approximate surface area is 158 Å². The number of ether oxygens (including phenoxy) is 2. The summed E-state index contributed by atoms with van der Waals surface area (Å²) in [5.74, 6) is 2.94. The molecule has 2 aromatic rings. The maximum Gasteiger partial charge on any atom is 0.275 e. The van der Waals surface area contributed by atoms with Crippen molar-refractivity contribution < 1.29 is 18.7 Å². The van der Waals surface area contributed by atoms with E-state index >= 15 is 0 Å². The molecule has 0 N–H and O–H groups in total. The van der Waals surface area contributed by atoms with Crippen molar-refractivity contribution >= 4 is 5.91 Å². The molecule has 6 nitrogen and oxygen atoms in total. The monoisotopic (exact) mass is 368 g/mol. The summed E-state index contributed by atoms with van der Waals surface area (Å²) in [6.07, 6.45) is 5.90. The van der Waals surface area contributed by atoms with Crippen LogP contribution in [-0.4, -0.2) is 36.0 Å². The van der Waals surface area contributed by atoms with E-state index < -0.39 is 0 Å². The minimum absolute atomic E-state index is 0.0542. The SMILES string of the molecule is COc1ccc(OCc2nc(C(=O)N3C[C@H]4CC(C)=CC[C@H]4C3)co2)cc1. The molecule has 0 bridgehead atoms. The Bertz CT molecular complexity index is 840. The summed E-state index contributed by atoms with van der Waals surface area (Å²) >= 11 is 0. The maximum atomic E-state index is 12.8. The van der Waals surface area contributed by atoms with Crippen molar-refractivity contribution in [3.05, 3.63) is 53.8 Å². The van der Waals surface area contributed by atoms with Crippen molar-refractivity contribution in [2.75, 3.05) is 20.2 Å². The number of rotatable bonds is 5. The molecule has 2 atom stereocenters. The fraction of sp³-hybridized carbons (Fsp3) is 0.429. The Kier molecular flexibility index (Phi) is 4.88. The quantitative estimate of drug-likeness (QED) is 0.753. The van der Waals surface area contributed by atoms with Crippen LogP contribution in [0.15, 0.2) is 46.6 Å². The lowest BCUT2D eigenvalue weighted by atomic mass is 9.83. The second kappa shape index (κ2) is 7.47. The lowest BCUT2D eigenvalue weighted by Crippen LogP contribution is -2.29. The number of likely N-dealkylation sites (tertiary alicyclic amines) is 1. The van der Waals surface area contributed by atoms with Gasteiger partial charge in [0.05, 0.1) is 7.11 Å². The van der Waals surface area contributed by atoms with Gasteiger partial charge in [0, 0.05) is 13.1 Å². The third-order valence-electron chi connectivity index (χ3n) is 5.41. The van der Waals surface area contributed by atoms with Gasteiger partial charge < -0.3 is 18.8 Å². The predicted octanol–water partition coefficient (Wildman–Crippen LogP) is 3.69. The Morgan fingerprint density at radius 2 is 1.96 bits per heavy atom. The van der Waals surface area contributed by atoms with E-state index in [4.69, 9.17) is 13.9 Å².